The van der Waals surface area contributed by atoms with E-state index in [-0.39, 0.29) is 0 Å². The van der Waals surface area contributed by atoms with Crippen molar-refractivity contribution in [1.82, 2.24) is 15.1 Å². The van der Waals surface area contributed by atoms with E-state index in [0.29, 0.717) is 6.04 Å². The average molecular weight is 314 g/mol. The number of hydrogen-bond acceptors (Lipinski definition) is 2. The van der Waals surface area contributed by atoms with Crippen molar-refractivity contribution in [3.8, 4) is 0 Å². The van der Waals surface area contributed by atoms with Crippen molar-refractivity contribution >= 4 is 15.9 Å². The zero-order chi connectivity index (χ0) is 13.3. The lowest BCUT2D eigenvalue weighted by Crippen LogP contribution is -2.35. The Morgan fingerprint density at radius 2 is 2.17 bits per heavy atom. The van der Waals surface area contributed by atoms with Crippen LogP contribution in [0.4, 0.5) is 0 Å². The number of aryl methyl sites for hydroxylation is 2. The maximum absolute atomic E-state index is 4.58. The van der Waals surface area contributed by atoms with Crippen LogP contribution >= 0.6 is 15.9 Å². The number of halogens is 1. The molecule has 1 aliphatic carbocycles. The van der Waals surface area contributed by atoms with Crippen LogP contribution in [-0.4, -0.2) is 22.9 Å². The van der Waals surface area contributed by atoms with Gasteiger partial charge in [-0.05, 0) is 54.1 Å². The quantitative estimate of drug-likeness (QED) is 0.875. The first kappa shape index (κ1) is 14.1. The summed E-state index contributed by atoms with van der Waals surface area (Å²) < 4.78 is 3.24. The fraction of sp³-hybridized carbons (Fsp3) is 0.786. The van der Waals surface area contributed by atoms with Gasteiger partial charge < -0.3 is 5.32 Å². The van der Waals surface area contributed by atoms with Gasteiger partial charge in [-0.25, -0.2) is 0 Å². The predicted molar refractivity (Wildman–Crippen MR) is 78.7 cm³/mol. The molecule has 18 heavy (non-hydrogen) atoms. The minimum atomic E-state index is 0.550. The van der Waals surface area contributed by atoms with Crippen LogP contribution in [-0.2, 0) is 19.9 Å². The fourth-order valence-corrected chi connectivity index (χ4v) is 3.53. The molecule has 0 aromatic carbocycles. The lowest BCUT2D eigenvalue weighted by molar-refractivity contribution is 0.352. The van der Waals surface area contributed by atoms with Crippen molar-refractivity contribution in [2.24, 2.45) is 18.9 Å². The molecule has 1 N–H and O–H groups in total. The van der Waals surface area contributed by atoms with Gasteiger partial charge in [0, 0.05) is 19.5 Å². The summed E-state index contributed by atoms with van der Waals surface area (Å²) in [6.45, 7) is 4.53. The SMILES string of the molecule is CCc1nn(C)c(CC(NC)C(C)C2CC2)c1Br. The summed E-state index contributed by atoms with van der Waals surface area (Å²) >= 11 is 3.71. The van der Waals surface area contributed by atoms with Crippen LogP contribution in [0, 0.1) is 11.8 Å². The Bertz CT molecular complexity index is 409. The molecule has 1 saturated carbocycles. The third kappa shape index (κ3) is 2.80. The first-order valence-corrected chi connectivity index (χ1v) is 7.75. The molecule has 3 nitrogen and oxygen atoms in total. The van der Waals surface area contributed by atoms with Crippen LogP contribution in [0.5, 0.6) is 0 Å². The molecular formula is C14H24BrN3. The third-order valence-corrected chi connectivity index (χ3v) is 5.20. The molecule has 2 unspecified atom stereocenters. The summed E-state index contributed by atoms with van der Waals surface area (Å²) in [5.74, 6) is 1.68. The maximum Gasteiger partial charge on any atom is 0.0766 e. The number of hydrogen-bond donors (Lipinski definition) is 1. The molecule has 1 heterocycles. The van der Waals surface area contributed by atoms with Crippen LogP contribution < -0.4 is 5.32 Å². The van der Waals surface area contributed by atoms with E-state index in [1.54, 1.807) is 0 Å². The highest BCUT2D eigenvalue weighted by atomic mass is 79.9. The molecule has 0 spiro atoms. The third-order valence-electron chi connectivity index (χ3n) is 4.29. The standard InChI is InChI=1S/C14H24BrN3/c1-5-11-14(15)13(18(4)17-11)8-12(16-3)9(2)10-6-7-10/h9-10,12,16H,5-8H2,1-4H3. The van der Waals surface area contributed by atoms with Gasteiger partial charge >= 0.3 is 0 Å². The summed E-state index contributed by atoms with van der Waals surface area (Å²) in [7, 11) is 4.13. The summed E-state index contributed by atoms with van der Waals surface area (Å²) in [4.78, 5) is 0. The Balaban J connectivity index is 2.13. The molecule has 0 radical (unpaired) electrons. The molecule has 1 aromatic heterocycles. The Labute approximate surface area is 118 Å². The van der Waals surface area contributed by atoms with Gasteiger partial charge in [-0.15, -0.1) is 0 Å². The molecule has 102 valence electrons. The van der Waals surface area contributed by atoms with E-state index in [1.165, 1.54) is 28.7 Å². The largest absolute Gasteiger partial charge is 0.316 e. The van der Waals surface area contributed by atoms with Gasteiger partial charge in [0.2, 0.25) is 0 Å². The molecule has 1 aliphatic rings. The molecule has 0 saturated heterocycles. The van der Waals surface area contributed by atoms with Gasteiger partial charge in [0.15, 0.2) is 0 Å². The normalized spacial score (nSPS) is 18.9. The van der Waals surface area contributed by atoms with Gasteiger partial charge in [0.25, 0.3) is 0 Å². The number of aromatic nitrogens is 2. The van der Waals surface area contributed by atoms with Gasteiger partial charge in [0.05, 0.1) is 15.9 Å². The highest BCUT2D eigenvalue weighted by Crippen LogP contribution is 2.39. The van der Waals surface area contributed by atoms with E-state index in [9.17, 15) is 0 Å². The zero-order valence-electron chi connectivity index (χ0n) is 11.8. The molecule has 4 heteroatoms. The number of rotatable bonds is 6. The lowest BCUT2D eigenvalue weighted by atomic mass is 9.93. The van der Waals surface area contributed by atoms with Crippen LogP contribution in [0.15, 0.2) is 4.47 Å². The van der Waals surface area contributed by atoms with Gasteiger partial charge in [0.1, 0.15) is 0 Å². The molecular weight excluding hydrogens is 290 g/mol. The molecule has 2 rings (SSSR count). The van der Waals surface area contributed by atoms with Gasteiger partial charge in [-0.2, -0.15) is 5.10 Å². The smallest absolute Gasteiger partial charge is 0.0766 e. The molecule has 0 bridgehead atoms. The molecule has 2 atom stereocenters. The van der Waals surface area contributed by atoms with E-state index >= 15 is 0 Å². The molecule has 1 fully saturated rings. The van der Waals surface area contributed by atoms with Crippen LogP contribution in [0.25, 0.3) is 0 Å². The lowest BCUT2D eigenvalue weighted by Gasteiger charge is -2.23. The van der Waals surface area contributed by atoms with Crippen molar-refractivity contribution in [3.05, 3.63) is 15.9 Å². The topological polar surface area (TPSA) is 29.9 Å². The second-order valence-corrected chi connectivity index (χ2v) is 6.27. The van der Waals surface area contributed by atoms with E-state index in [2.05, 4.69) is 47.2 Å². The number of nitrogens with zero attached hydrogens (tertiary/aromatic N) is 2. The molecule has 0 amide bonds. The Kier molecular flexibility index (Phi) is 4.49. The highest BCUT2D eigenvalue weighted by Gasteiger charge is 2.33. The molecule has 0 aliphatic heterocycles. The monoisotopic (exact) mass is 313 g/mol. The first-order chi connectivity index (χ1) is 8.58. The summed E-state index contributed by atoms with van der Waals surface area (Å²) in [6, 6.07) is 0.550. The van der Waals surface area contributed by atoms with E-state index in [4.69, 9.17) is 0 Å². The second kappa shape index (κ2) is 5.74. The van der Waals surface area contributed by atoms with Crippen molar-refractivity contribution in [2.75, 3.05) is 7.05 Å². The minimum absolute atomic E-state index is 0.550. The van der Waals surface area contributed by atoms with E-state index in [1.807, 2.05) is 11.7 Å². The maximum atomic E-state index is 4.58. The minimum Gasteiger partial charge on any atom is -0.316 e. The van der Waals surface area contributed by atoms with Crippen LogP contribution in [0.1, 0.15) is 38.1 Å². The van der Waals surface area contributed by atoms with E-state index < -0.39 is 0 Å². The Hall–Kier alpha value is -0.350. The van der Waals surface area contributed by atoms with Crippen LogP contribution in [0.3, 0.4) is 0 Å². The molecule has 1 aromatic rings. The van der Waals surface area contributed by atoms with Gasteiger partial charge in [-0.1, -0.05) is 13.8 Å². The first-order valence-electron chi connectivity index (χ1n) is 6.96. The number of nitrogens with one attached hydrogen (secondary N) is 1. The van der Waals surface area contributed by atoms with E-state index in [0.717, 1.165) is 24.7 Å². The van der Waals surface area contributed by atoms with Crippen molar-refractivity contribution < 1.29 is 0 Å². The summed E-state index contributed by atoms with van der Waals surface area (Å²) in [6.07, 6.45) is 4.85. The Morgan fingerprint density at radius 1 is 1.50 bits per heavy atom. The van der Waals surface area contributed by atoms with Crippen molar-refractivity contribution in [3.63, 3.8) is 0 Å². The summed E-state index contributed by atoms with van der Waals surface area (Å²) in [5.41, 5.74) is 2.49. The highest BCUT2D eigenvalue weighted by molar-refractivity contribution is 9.10. The Morgan fingerprint density at radius 3 is 2.61 bits per heavy atom. The average Bonchev–Trinajstić information content (AvgIpc) is 3.16. The second-order valence-electron chi connectivity index (χ2n) is 5.48. The zero-order valence-corrected chi connectivity index (χ0v) is 13.4. The summed E-state index contributed by atoms with van der Waals surface area (Å²) in [5, 5.41) is 8.07. The van der Waals surface area contributed by atoms with Crippen LogP contribution in [0.2, 0.25) is 0 Å². The van der Waals surface area contributed by atoms with Gasteiger partial charge in [-0.3, -0.25) is 4.68 Å². The van der Waals surface area contributed by atoms with Crippen molar-refractivity contribution in [1.29, 1.82) is 0 Å². The number of likely N-dealkylation sites (N-methyl/N-ethyl adjacent to an activating group) is 1. The van der Waals surface area contributed by atoms with Crippen molar-refractivity contribution in [2.45, 2.75) is 45.6 Å². The fourth-order valence-electron chi connectivity index (χ4n) is 2.75. The predicted octanol–water partition coefficient (Wildman–Crippen LogP) is 2.92.